The minimum Gasteiger partial charge on any atom is -0.338 e. The van der Waals surface area contributed by atoms with Gasteiger partial charge in [0, 0.05) is 22.5 Å². The number of aryl methyl sites for hydroxylation is 1. The van der Waals surface area contributed by atoms with Crippen molar-refractivity contribution in [3.63, 3.8) is 0 Å². The van der Waals surface area contributed by atoms with Crippen LogP contribution < -0.4 is 0 Å². The van der Waals surface area contributed by atoms with Gasteiger partial charge in [0.05, 0.1) is 5.25 Å². The molecule has 6 nitrogen and oxygen atoms in total. The second kappa shape index (κ2) is 8.96. The number of thioether (sulfide) groups is 1. The lowest BCUT2D eigenvalue weighted by Crippen LogP contribution is -2.06. The maximum Gasteiger partial charge on any atom is 0.239 e. The lowest BCUT2D eigenvalue weighted by Gasteiger charge is -2.12. The Balaban J connectivity index is 1.41. The number of hydrogen-bond donors (Lipinski definition) is 0. The van der Waals surface area contributed by atoms with Crippen LogP contribution in [-0.4, -0.2) is 24.9 Å². The molecule has 0 bridgehead atoms. The summed E-state index contributed by atoms with van der Waals surface area (Å²) in [5, 5.41) is 14.1. The van der Waals surface area contributed by atoms with Crippen molar-refractivity contribution in [1.29, 1.82) is 0 Å². The summed E-state index contributed by atoms with van der Waals surface area (Å²) in [6, 6.07) is 18.7. The van der Waals surface area contributed by atoms with Crippen molar-refractivity contribution in [1.82, 2.24) is 24.9 Å². The van der Waals surface area contributed by atoms with E-state index in [4.69, 9.17) is 4.52 Å². The van der Waals surface area contributed by atoms with Crippen LogP contribution in [0, 0.1) is 0 Å². The van der Waals surface area contributed by atoms with Gasteiger partial charge in [0.25, 0.3) is 0 Å². The highest BCUT2D eigenvalue weighted by Gasteiger charge is 2.30. The molecule has 0 saturated heterocycles. The van der Waals surface area contributed by atoms with E-state index in [0.29, 0.717) is 11.8 Å². The lowest BCUT2D eigenvalue weighted by molar-refractivity contribution is 0.374. The van der Waals surface area contributed by atoms with Crippen LogP contribution in [0.3, 0.4) is 0 Å². The monoisotopic (exact) mass is 495 g/mol. The number of hydrogen-bond acceptors (Lipinski definition) is 6. The minimum atomic E-state index is -0.00237. The highest BCUT2D eigenvalue weighted by Crippen LogP contribution is 2.40. The van der Waals surface area contributed by atoms with E-state index in [1.807, 2.05) is 18.2 Å². The van der Waals surface area contributed by atoms with Crippen molar-refractivity contribution in [3.05, 3.63) is 76.3 Å². The van der Waals surface area contributed by atoms with Crippen molar-refractivity contribution in [2.45, 2.75) is 49.1 Å². The first-order chi connectivity index (χ1) is 15.2. The highest BCUT2D eigenvalue weighted by molar-refractivity contribution is 9.10. The zero-order chi connectivity index (χ0) is 21.2. The molecule has 0 spiro atoms. The van der Waals surface area contributed by atoms with Crippen LogP contribution in [0.15, 0.2) is 68.7 Å². The van der Waals surface area contributed by atoms with Gasteiger partial charge in [-0.3, -0.25) is 0 Å². The Morgan fingerprint density at radius 2 is 1.87 bits per heavy atom. The largest absolute Gasteiger partial charge is 0.338 e. The van der Waals surface area contributed by atoms with Crippen LogP contribution in [0.4, 0.5) is 0 Å². The molecule has 2 heterocycles. The molecule has 1 saturated carbocycles. The number of nitrogens with zero attached hydrogens (tertiary/aromatic N) is 5. The Kier molecular flexibility index (Phi) is 5.91. The summed E-state index contributed by atoms with van der Waals surface area (Å²) < 4.78 is 8.76. The molecule has 1 fully saturated rings. The van der Waals surface area contributed by atoms with Gasteiger partial charge in [-0.1, -0.05) is 75.3 Å². The van der Waals surface area contributed by atoms with Crippen LogP contribution in [0.1, 0.15) is 48.2 Å². The third-order valence-electron chi connectivity index (χ3n) is 5.32. The molecule has 0 aliphatic heterocycles. The van der Waals surface area contributed by atoms with Gasteiger partial charge in [-0.25, -0.2) is 0 Å². The summed E-state index contributed by atoms with van der Waals surface area (Å²) in [7, 11) is 0. The Hall–Kier alpha value is -2.45. The summed E-state index contributed by atoms with van der Waals surface area (Å²) >= 11 is 5.11. The van der Waals surface area contributed by atoms with E-state index in [2.05, 4.69) is 84.2 Å². The predicted molar refractivity (Wildman–Crippen MR) is 124 cm³/mol. The second-order valence-electron chi connectivity index (χ2n) is 7.73. The summed E-state index contributed by atoms with van der Waals surface area (Å²) in [6.07, 6.45) is 3.21. The molecular formula is C23H22BrN5OS. The topological polar surface area (TPSA) is 69.6 Å². The zero-order valence-electron chi connectivity index (χ0n) is 17.1. The van der Waals surface area contributed by atoms with E-state index < -0.39 is 0 Å². The Labute approximate surface area is 193 Å². The fourth-order valence-corrected chi connectivity index (χ4v) is 4.57. The number of aromatic nitrogens is 5. The van der Waals surface area contributed by atoms with Gasteiger partial charge >= 0.3 is 0 Å². The van der Waals surface area contributed by atoms with Crippen molar-refractivity contribution < 1.29 is 4.52 Å². The summed E-state index contributed by atoms with van der Waals surface area (Å²) in [6.45, 7) is 2.86. The summed E-state index contributed by atoms with van der Waals surface area (Å²) in [5.41, 5.74) is 2.32. The molecule has 31 heavy (non-hydrogen) atoms. The molecule has 1 aliphatic rings. The molecule has 1 aliphatic carbocycles. The van der Waals surface area contributed by atoms with E-state index in [0.717, 1.165) is 52.6 Å². The molecule has 0 amide bonds. The van der Waals surface area contributed by atoms with Crippen molar-refractivity contribution >= 4 is 27.7 Å². The first-order valence-corrected chi connectivity index (χ1v) is 12.1. The number of benzene rings is 2. The zero-order valence-corrected chi connectivity index (χ0v) is 19.5. The highest BCUT2D eigenvalue weighted by atomic mass is 79.9. The lowest BCUT2D eigenvalue weighted by atomic mass is 10.1. The van der Waals surface area contributed by atoms with Gasteiger partial charge < -0.3 is 9.09 Å². The summed E-state index contributed by atoms with van der Waals surface area (Å²) in [4.78, 5) is 4.60. The smallest absolute Gasteiger partial charge is 0.239 e. The van der Waals surface area contributed by atoms with Crippen LogP contribution in [-0.2, 0) is 13.0 Å². The van der Waals surface area contributed by atoms with Crippen LogP contribution in [0.2, 0.25) is 0 Å². The average molecular weight is 496 g/mol. The van der Waals surface area contributed by atoms with Gasteiger partial charge in [-0.15, -0.1) is 10.2 Å². The molecule has 5 rings (SSSR count). The molecular weight excluding hydrogens is 474 g/mol. The van der Waals surface area contributed by atoms with Gasteiger partial charge in [-0.05, 0) is 43.9 Å². The maximum atomic E-state index is 5.53. The van der Waals surface area contributed by atoms with Crippen molar-refractivity contribution in [3.8, 4) is 11.4 Å². The van der Waals surface area contributed by atoms with E-state index in [1.165, 1.54) is 5.56 Å². The van der Waals surface area contributed by atoms with E-state index >= 15 is 0 Å². The molecule has 2 aromatic carbocycles. The number of rotatable bonds is 8. The minimum absolute atomic E-state index is 0.00237. The van der Waals surface area contributed by atoms with Gasteiger partial charge in [-0.2, -0.15) is 4.98 Å². The van der Waals surface area contributed by atoms with Crippen molar-refractivity contribution in [2.24, 2.45) is 0 Å². The predicted octanol–water partition coefficient (Wildman–Crippen LogP) is 6.06. The molecule has 0 N–H and O–H groups in total. The molecule has 0 unspecified atom stereocenters. The van der Waals surface area contributed by atoms with E-state index in [1.54, 1.807) is 11.8 Å². The van der Waals surface area contributed by atoms with E-state index in [-0.39, 0.29) is 5.25 Å². The molecule has 8 heteroatoms. The van der Waals surface area contributed by atoms with Crippen LogP contribution >= 0.6 is 27.7 Å². The second-order valence-corrected chi connectivity index (χ2v) is 9.95. The fourth-order valence-electron chi connectivity index (χ4n) is 3.40. The average Bonchev–Trinajstić information content (AvgIpc) is 3.38. The molecule has 4 aromatic rings. The van der Waals surface area contributed by atoms with Gasteiger partial charge in [0.1, 0.15) is 0 Å². The van der Waals surface area contributed by atoms with Crippen molar-refractivity contribution in [2.75, 3.05) is 0 Å². The fraction of sp³-hybridized carbons (Fsp3) is 0.304. The third-order valence-corrected chi connectivity index (χ3v) is 6.91. The van der Waals surface area contributed by atoms with Gasteiger partial charge in [0.2, 0.25) is 5.89 Å². The summed E-state index contributed by atoms with van der Waals surface area (Å²) in [5.74, 6) is 2.83. The standard InChI is InChI=1S/C23H22BrN5OS/c1-15(22-25-20(28-30-22)17-7-8-17)31-23-27-26-21(18-9-11-19(24)12-10-18)29(23)14-13-16-5-3-2-4-6-16/h2-6,9-12,15,17H,7-8,13-14H2,1H3/t15-/m0/s1. The first kappa shape index (κ1) is 20.5. The number of halogens is 1. The Morgan fingerprint density at radius 1 is 1.10 bits per heavy atom. The SMILES string of the molecule is C[C@H](Sc1nnc(-c2ccc(Br)cc2)n1CCc1ccccc1)c1nc(C2CC2)no1. The Bertz CT molecular complexity index is 1150. The Morgan fingerprint density at radius 3 is 2.61 bits per heavy atom. The van der Waals surface area contributed by atoms with Gasteiger partial charge in [0.15, 0.2) is 16.8 Å². The molecule has 158 valence electrons. The maximum absolute atomic E-state index is 5.53. The normalized spacial score (nSPS) is 14.6. The van der Waals surface area contributed by atoms with E-state index in [9.17, 15) is 0 Å². The third kappa shape index (κ3) is 4.75. The quantitative estimate of drug-likeness (QED) is 0.276. The first-order valence-electron chi connectivity index (χ1n) is 10.4. The molecule has 2 aromatic heterocycles. The molecule has 0 radical (unpaired) electrons. The molecule has 1 atom stereocenters. The van der Waals surface area contributed by atoms with Crippen LogP contribution in [0.25, 0.3) is 11.4 Å². The van der Waals surface area contributed by atoms with Crippen LogP contribution in [0.5, 0.6) is 0 Å².